The standard InChI is InChI=1S/C9H15N2/c1-8(2,3)7-9(4,5)6-10-11-7/h1-5H3. The Morgan fingerprint density at radius 2 is 1.82 bits per heavy atom. The Morgan fingerprint density at radius 1 is 1.27 bits per heavy atom. The molecular formula is C9H15N2. The molecule has 0 atom stereocenters. The lowest BCUT2D eigenvalue weighted by atomic mass is 9.75. The highest BCUT2D eigenvalue weighted by Crippen LogP contribution is 2.31. The second-order valence-corrected chi connectivity index (χ2v) is 4.54. The number of rotatable bonds is 0. The average Bonchev–Trinajstić information content (AvgIpc) is 2.06. The summed E-state index contributed by atoms with van der Waals surface area (Å²) in [5.74, 6) is 0. The maximum atomic E-state index is 4.09. The Labute approximate surface area is 68.4 Å². The van der Waals surface area contributed by atoms with Crippen LogP contribution in [0.25, 0.3) is 0 Å². The van der Waals surface area contributed by atoms with Gasteiger partial charge in [-0.3, -0.25) is 0 Å². The van der Waals surface area contributed by atoms with Crippen LogP contribution in [0.5, 0.6) is 0 Å². The third-order valence-corrected chi connectivity index (χ3v) is 1.78. The minimum atomic E-state index is -0.0712. The lowest BCUT2D eigenvalue weighted by Gasteiger charge is -2.27. The van der Waals surface area contributed by atoms with Crippen molar-refractivity contribution in [2.24, 2.45) is 21.0 Å². The molecule has 1 rings (SSSR count). The highest BCUT2D eigenvalue weighted by molar-refractivity contribution is 6.07. The molecule has 0 aliphatic carbocycles. The first-order valence-corrected chi connectivity index (χ1v) is 3.90. The van der Waals surface area contributed by atoms with Crippen molar-refractivity contribution < 1.29 is 0 Å². The normalized spacial score (nSPS) is 22.1. The molecule has 0 spiro atoms. The van der Waals surface area contributed by atoms with Crippen LogP contribution in [0.2, 0.25) is 0 Å². The van der Waals surface area contributed by atoms with Gasteiger partial charge in [0.15, 0.2) is 0 Å². The van der Waals surface area contributed by atoms with Gasteiger partial charge in [0.2, 0.25) is 0 Å². The molecule has 61 valence electrons. The van der Waals surface area contributed by atoms with Gasteiger partial charge in [-0.15, -0.1) is 0 Å². The van der Waals surface area contributed by atoms with Gasteiger partial charge in [0.25, 0.3) is 0 Å². The average molecular weight is 151 g/mol. The number of hydrogen-bond donors (Lipinski definition) is 0. The molecule has 0 unspecified atom stereocenters. The van der Waals surface area contributed by atoms with Crippen LogP contribution in [-0.2, 0) is 0 Å². The molecule has 1 aliphatic heterocycles. The van der Waals surface area contributed by atoms with Gasteiger partial charge in [-0.2, -0.15) is 10.2 Å². The highest BCUT2D eigenvalue weighted by Gasteiger charge is 2.35. The van der Waals surface area contributed by atoms with Crippen molar-refractivity contribution in [3.8, 4) is 0 Å². The van der Waals surface area contributed by atoms with E-state index in [0.29, 0.717) is 0 Å². The monoisotopic (exact) mass is 151 g/mol. The fourth-order valence-electron chi connectivity index (χ4n) is 1.47. The molecule has 0 amide bonds. The molecule has 0 N–H and O–H groups in total. The van der Waals surface area contributed by atoms with Crippen molar-refractivity contribution in [2.75, 3.05) is 0 Å². The predicted molar refractivity (Wildman–Crippen MR) is 48.1 cm³/mol. The molecule has 0 saturated carbocycles. The van der Waals surface area contributed by atoms with Crippen molar-refractivity contribution >= 4 is 11.9 Å². The Hall–Kier alpha value is -0.660. The first-order valence-electron chi connectivity index (χ1n) is 3.90. The van der Waals surface area contributed by atoms with E-state index in [1.165, 1.54) is 0 Å². The van der Waals surface area contributed by atoms with Crippen molar-refractivity contribution in [1.29, 1.82) is 0 Å². The molecule has 0 saturated heterocycles. The first kappa shape index (κ1) is 8.44. The molecule has 0 aromatic rings. The summed E-state index contributed by atoms with van der Waals surface area (Å²) in [5.41, 5.74) is 1.15. The van der Waals surface area contributed by atoms with Crippen LogP contribution in [0, 0.1) is 10.8 Å². The van der Waals surface area contributed by atoms with Crippen molar-refractivity contribution in [1.82, 2.24) is 0 Å². The second kappa shape index (κ2) is 2.16. The van der Waals surface area contributed by atoms with E-state index in [2.05, 4.69) is 51.0 Å². The van der Waals surface area contributed by atoms with Crippen molar-refractivity contribution in [2.45, 2.75) is 34.6 Å². The van der Waals surface area contributed by atoms with E-state index in [1.807, 2.05) is 0 Å². The highest BCUT2D eigenvalue weighted by atomic mass is 15.2. The molecule has 0 aromatic carbocycles. The zero-order chi connectivity index (χ0) is 8.70. The first-order chi connectivity index (χ1) is 4.84. The third kappa shape index (κ3) is 1.50. The molecule has 0 fully saturated rings. The van der Waals surface area contributed by atoms with Gasteiger partial charge in [-0.05, 0) is 13.8 Å². The van der Waals surface area contributed by atoms with E-state index >= 15 is 0 Å². The van der Waals surface area contributed by atoms with E-state index in [0.717, 1.165) is 5.71 Å². The minimum absolute atomic E-state index is 0.0712. The smallest absolute Gasteiger partial charge is 0.0986 e. The molecule has 11 heavy (non-hydrogen) atoms. The third-order valence-electron chi connectivity index (χ3n) is 1.78. The van der Waals surface area contributed by atoms with Crippen LogP contribution in [0.15, 0.2) is 10.2 Å². The van der Waals surface area contributed by atoms with Gasteiger partial charge in [0.1, 0.15) is 0 Å². The zero-order valence-corrected chi connectivity index (χ0v) is 7.89. The molecule has 2 nitrogen and oxygen atoms in total. The fraction of sp³-hybridized carbons (Fsp3) is 0.778. The summed E-state index contributed by atoms with van der Waals surface area (Å²) in [6.07, 6.45) is 2.97. The van der Waals surface area contributed by atoms with Crippen LogP contribution >= 0.6 is 0 Å². The van der Waals surface area contributed by atoms with E-state index in [9.17, 15) is 0 Å². The van der Waals surface area contributed by atoms with E-state index in [-0.39, 0.29) is 10.8 Å². The Bertz CT molecular complexity index is 216. The maximum Gasteiger partial charge on any atom is 0.0986 e. The van der Waals surface area contributed by atoms with Gasteiger partial charge < -0.3 is 0 Å². The molecule has 2 heteroatoms. The molecule has 0 bridgehead atoms. The molecular weight excluding hydrogens is 136 g/mol. The van der Waals surface area contributed by atoms with Gasteiger partial charge in [-0.1, -0.05) is 20.8 Å². The summed E-state index contributed by atoms with van der Waals surface area (Å²) >= 11 is 0. The van der Waals surface area contributed by atoms with Crippen LogP contribution in [0.3, 0.4) is 0 Å². The van der Waals surface area contributed by atoms with Gasteiger partial charge in [-0.25, -0.2) is 0 Å². The summed E-state index contributed by atoms with van der Waals surface area (Å²) in [7, 11) is 0. The largest absolute Gasteiger partial charge is 0.158 e. The predicted octanol–water partition coefficient (Wildman–Crippen LogP) is 2.38. The maximum absolute atomic E-state index is 4.09. The summed E-state index contributed by atoms with van der Waals surface area (Å²) < 4.78 is 0. The van der Waals surface area contributed by atoms with Crippen molar-refractivity contribution in [3.05, 3.63) is 0 Å². The topological polar surface area (TPSA) is 24.7 Å². The summed E-state index contributed by atoms with van der Waals surface area (Å²) in [5, 5.41) is 7.91. The zero-order valence-electron chi connectivity index (χ0n) is 7.89. The summed E-state index contributed by atoms with van der Waals surface area (Å²) in [6.45, 7) is 10.6. The van der Waals surface area contributed by atoms with E-state index in [4.69, 9.17) is 0 Å². The Morgan fingerprint density at radius 3 is 2.00 bits per heavy atom. The molecule has 1 aliphatic rings. The SMILES string of the molecule is CC(C)(C)C1=NN=[C]C1(C)C. The molecule has 1 radical (unpaired) electrons. The fourth-order valence-corrected chi connectivity index (χ4v) is 1.47. The number of nitrogens with zero attached hydrogens (tertiary/aromatic N) is 2. The van der Waals surface area contributed by atoms with Crippen molar-refractivity contribution in [3.63, 3.8) is 0 Å². The van der Waals surface area contributed by atoms with Gasteiger partial charge >= 0.3 is 0 Å². The summed E-state index contributed by atoms with van der Waals surface area (Å²) in [6, 6.07) is 0. The second-order valence-electron chi connectivity index (χ2n) is 4.54. The Balaban J connectivity index is 2.94. The van der Waals surface area contributed by atoms with Crippen LogP contribution < -0.4 is 0 Å². The molecule has 1 heterocycles. The quantitative estimate of drug-likeness (QED) is 0.508. The molecule has 0 aromatic heterocycles. The van der Waals surface area contributed by atoms with Gasteiger partial charge in [0, 0.05) is 5.41 Å². The Kier molecular flexibility index (Phi) is 1.66. The minimum Gasteiger partial charge on any atom is -0.158 e. The van der Waals surface area contributed by atoms with Gasteiger partial charge in [0.05, 0.1) is 17.3 Å². The number of hydrogen-bond acceptors (Lipinski definition) is 2. The van der Waals surface area contributed by atoms with E-state index < -0.39 is 0 Å². The van der Waals surface area contributed by atoms with Crippen LogP contribution in [-0.4, -0.2) is 11.9 Å². The lowest BCUT2D eigenvalue weighted by Crippen LogP contribution is -2.33. The van der Waals surface area contributed by atoms with Crippen LogP contribution in [0.1, 0.15) is 34.6 Å². The van der Waals surface area contributed by atoms with E-state index in [1.54, 1.807) is 0 Å². The lowest BCUT2D eigenvalue weighted by molar-refractivity contribution is 0.536. The summed E-state index contributed by atoms with van der Waals surface area (Å²) in [4.78, 5) is 0. The van der Waals surface area contributed by atoms with Crippen LogP contribution in [0.4, 0.5) is 0 Å².